The molecule has 0 saturated heterocycles. The van der Waals surface area contributed by atoms with Gasteiger partial charge in [0.05, 0.1) is 11.3 Å². The Labute approximate surface area is 182 Å². The molecule has 0 radical (unpaired) electrons. The summed E-state index contributed by atoms with van der Waals surface area (Å²) in [6.07, 6.45) is -0.0136. The zero-order chi connectivity index (χ0) is 23.0. The van der Waals surface area contributed by atoms with Crippen LogP contribution in [0.4, 0.5) is 11.4 Å². The topological polar surface area (TPSA) is 101 Å². The highest BCUT2D eigenvalue weighted by atomic mass is 16.4. The molecule has 0 spiro atoms. The molecule has 1 heterocycles. The van der Waals surface area contributed by atoms with E-state index >= 15 is 0 Å². The SMILES string of the molecule is CCN(CC)CCN1c2ccccc2C(=O)N(c2ccccc2)C1C.O=C(O)C(=O)O. The number of amides is 1. The maximum atomic E-state index is 13.1. The number of hydrogen-bond acceptors (Lipinski definition) is 5. The first-order chi connectivity index (χ1) is 14.8. The van der Waals surface area contributed by atoms with Crippen molar-refractivity contribution < 1.29 is 24.6 Å². The summed E-state index contributed by atoms with van der Waals surface area (Å²) < 4.78 is 0. The lowest BCUT2D eigenvalue weighted by Gasteiger charge is -2.44. The number of para-hydroxylation sites is 2. The van der Waals surface area contributed by atoms with Crippen molar-refractivity contribution in [2.24, 2.45) is 0 Å². The van der Waals surface area contributed by atoms with Gasteiger partial charge < -0.3 is 20.0 Å². The summed E-state index contributed by atoms with van der Waals surface area (Å²) in [5.74, 6) is -3.57. The van der Waals surface area contributed by atoms with E-state index in [1.54, 1.807) is 0 Å². The standard InChI is InChI=1S/C21H27N3O.C2H2O4/c1-4-22(5-2)15-16-23-17(3)24(18-11-7-6-8-12-18)21(25)19-13-9-10-14-20(19)23;3-1(4)2(5)6/h6-14,17H,4-5,15-16H2,1-3H3;(H,3,4)(H,5,6). The highest BCUT2D eigenvalue weighted by molar-refractivity contribution is 6.27. The third kappa shape index (κ3) is 5.82. The zero-order valence-electron chi connectivity index (χ0n) is 18.1. The van der Waals surface area contributed by atoms with E-state index in [2.05, 4.69) is 36.6 Å². The van der Waals surface area contributed by atoms with Gasteiger partial charge in [0.15, 0.2) is 0 Å². The summed E-state index contributed by atoms with van der Waals surface area (Å²) >= 11 is 0. The van der Waals surface area contributed by atoms with Crippen LogP contribution < -0.4 is 9.80 Å². The predicted octanol–water partition coefficient (Wildman–Crippen LogP) is 3.00. The summed E-state index contributed by atoms with van der Waals surface area (Å²) in [5.41, 5.74) is 2.77. The van der Waals surface area contributed by atoms with E-state index in [0.717, 1.165) is 43.1 Å². The molecule has 166 valence electrons. The number of rotatable bonds is 6. The molecule has 1 unspecified atom stereocenters. The van der Waals surface area contributed by atoms with Crippen LogP contribution in [0.25, 0.3) is 0 Å². The molecule has 0 aliphatic carbocycles. The maximum absolute atomic E-state index is 13.1. The van der Waals surface area contributed by atoms with Crippen LogP contribution in [-0.2, 0) is 9.59 Å². The Bertz CT molecular complexity index is 887. The normalized spacial score (nSPS) is 15.2. The van der Waals surface area contributed by atoms with Gasteiger partial charge in [-0.15, -0.1) is 0 Å². The van der Waals surface area contributed by atoms with Crippen molar-refractivity contribution in [3.8, 4) is 0 Å². The molecule has 2 aromatic rings. The molecule has 8 nitrogen and oxygen atoms in total. The number of anilines is 2. The fourth-order valence-corrected chi connectivity index (χ4v) is 3.56. The molecule has 0 fully saturated rings. The largest absolute Gasteiger partial charge is 0.473 e. The smallest absolute Gasteiger partial charge is 0.414 e. The van der Waals surface area contributed by atoms with Gasteiger partial charge in [0.25, 0.3) is 5.91 Å². The summed E-state index contributed by atoms with van der Waals surface area (Å²) in [7, 11) is 0. The Morgan fingerprint density at radius 2 is 1.48 bits per heavy atom. The van der Waals surface area contributed by atoms with E-state index in [9.17, 15) is 4.79 Å². The summed E-state index contributed by atoms with van der Waals surface area (Å²) in [6.45, 7) is 10.5. The molecule has 3 rings (SSSR count). The van der Waals surface area contributed by atoms with E-state index in [4.69, 9.17) is 19.8 Å². The second-order valence-electron chi connectivity index (χ2n) is 6.99. The van der Waals surface area contributed by atoms with Crippen molar-refractivity contribution >= 4 is 29.2 Å². The van der Waals surface area contributed by atoms with E-state index in [0.29, 0.717) is 0 Å². The fraction of sp³-hybridized carbons (Fsp3) is 0.348. The Morgan fingerprint density at radius 1 is 0.935 bits per heavy atom. The minimum absolute atomic E-state index is 0.0136. The van der Waals surface area contributed by atoms with Crippen LogP contribution in [0.2, 0.25) is 0 Å². The molecule has 2 aromatic carbocycles. The van der Waals surface area contributed by atoms with E-state index in [1.165, 1.54) is 0 Å². The van der Waals surface area contributed by atoms with Crippen molar-refractivity contribution in [2.75, 3.05) is 36.0 Å². The molecule has 1 aliphatic rings. The fourth-order valence-electron chi connectivity index (χ4n) is 3.56. The molecule has 0 aromatic heterocycles. The number of carbonyl (C=O) groups is 3. The Kier molecular flexibility index (Phi) is 8.57. The summed E-state index contributed by atoms with van der Waals surface area (Å²) in [6, 6.07) is 17.9. The Balaban J connectivity index is 0.000000501. The predicted molar refractivity (Wildman–Crippen MR) is 120 cm³/mol. The number of likely N-dealkylation sites (N-methyl/N-ethyl adjacent to an activating group) is 1. The van der Waals surface area contributed by atoms with Crippen LogP contribution in [0.3, 0.4) is 0 Å². The number of benzene rings is 2. The number of aliphatic carboxylic acids is 2. The second-order valence-corrected chi connectivity index (χ2v) is 6.99. The molecular formula is C23H29N3O5. The molecular weight excluding hydrogens is 398 g/mol. The van der Waals surface area contributed by atoms with Crippen molar-refractivity contribution in [3.63, 3.8) is 0 Å². The van der Waals surface area contributed by atoms with Crippen molar-refractivity contribution in [3.05, 3.63) is 60.2 Å². The third-order valence-electron chi connectivity index (χ3n) is 5.26. The quantitative estimate of drug-likeness (QED) is 0.684. The lowest BCUT2D eigenvalue weighted by molar-refractivity contribution is -0.159. The van der Waals surface area contributed by atoms with Crippen molar-refractivity contribution in [2.45, 2.75) is 26.9 Å². The molecule has 8 heteroatoms. The van der Waals surface area contributed by atoms with Crippen LogP contribution in [-0.4, -0.2) is 65.3 Å². The zero-order valence-corrected chi connectivity index (χ0v) is 18.1. The monoisotopic (exact) mass is 427 g/mol. The molecule has 1 aliphatic heterocycles. The first-order valence-electron chi connectivity index (χ1n) is 10.2. The average molecular weight is 428 g/mol. The molecule has 1 amide bonds. The lowest BCUT2D eigenvalue weighted by atomic mass is 10.0. The van der Waals surface area contributed by atoms with Gasteiger partial charge in [-0.3, -0.25) is 9.69 Å². The summed E-state index contributed by atoms with van der Waals surface area (Å²) in [5, 5.41) is 14.8. The van der Waals surface area contributed by atoms with Crippen LogP contribution in [0.15, 0.2) is 54.6 Å². The summed E-state index contributed by atoms with van der Waals surface area (Å²) in [4.78, 5) is 38.0. The van der Waals surface area contributed by atoms with Gasteiger partial charge in [-0.25, -0.2) is 9.59 Å². The van der Waals surface area contributed by atoms with E-state index in [1.807, 2.05) is 53.4 Å². The third-order valence-corrected chi connectivity index (χ3v) is 5.26. The highest BCUT2D eigenvalue weighted by Gasteiger charge is 2.35. The van der Waals surface area contributed by atoms with Gasteiger partial charge in [0, 0.05) is 18.8 Å². The molecule has 1 atom stereocenters. The van der Waals surface area contributed by atoms with Crippen LogP contribution in [0.5, 0.6) is 0 Å². The molecule has 31 heavy (non-hydrogen) atoms. The second kappa shape index (κ2) is 11.1. The van der Waals surface area contributed by atoms with Gasteiger partial charge in [-0.05, 0) is 44.3 Å². The lowest BCUT2D eigenvalue weighted by Crippen LogP contribution is -2.55. The van der Waals surface area contributed by atoms with Gasteiger partial charge >= 0.3 is 11.9 Å². The number of fused-ring (bicyclic) bond motifs is 1. The Hall–Kier alpha value is -3.39. The van der Waals surface area contributed by atoms with Gasteiger partial charge in [0.2, 0.25) is 0 Å². The maximum Gasteiger partial charge on any atom is 0.414 e. The van der Waals surface area contributed by atoms with Crippen molar-refractivity contribution in [1.29, 1.82) is 0 Å². The minimum atomic E-state index is -1.82. The number of nitrogens with zero attached hydrogens (tertiary/aromatic N) is 3. The van der Waals surface area contributed by atoms with Gasteiger partial charge in [-0.2, -0.15) is 0 Å². The average Bonchev–Trinajstić information content (AvgIpc) is 2.77. The molecule has 0 saturated carbocycles. The number of hydrogen-bond donors (Lipinski definition) is 2. The van der Waals surface area contributed by atoms with E-state index in [-0.39, 0.29) is 12.1 Å². The van der Waals surface area contributed by atoms with Crippen LogP contribution in [0, 0.1) is 0 Å². The van der Waals surface area contributed by atoms with Crippen LogP contribution in [0.1, 0.15) is 31.1 Å². The minimum Gasteiger partial charge on any atom is -0.473 e. The number of carboxylic acids is 2. The first-order valence-corrected chi connectivity index (χ1v) is 10.2. The van der Waals surface area contributed by atoms with Gasteiger partial charge in [0.1, 0.15) is 6.17 Å². The molecule has 0 bridgehead atoms. The highest BCUT2D eigenvalue weighted by Crippen LogP contribution is 2.33. The molecule has 2 N–H and O–H groups in total. The first kappa shape index (κ1) is 23.9. The Morgan fingerprint density at radius 3 is 2.03 bits per heavy atom. The number of carbonyl (C=O) groups excluding carboxylic acids is 1. The van der Waals surface area contributed by atoms with Crippen molar-refractivity contribution in [1.82, 2.24) is 4.90 Å². The van der Waals surface area contributed by atoms with Gasteiger partial charge in [-0.1, -0.05) is 44.2 Å². The van der Waals surface area contributed by atoms with Crippen LogP contribution >= 0.6 is 0 Å². The van der Waals surface area contributed by atoms with E-state index < -0.39 is 11.9 Å². The number of carboxylic acid groups (broad SMARTS) is 2.